The Morgan fingerprint density at radius 1 is 0.971 bits per heavy atom. The molecule has 2 aromatic carbocycles. The van der Waals surface area contributed by atoms with Crippen LogP contribution in [0.25, 0.3) is 11.1 Å². The fraction of sp³-hybridized carbons (Fsp3) is 0.240. The molecule has 8 nitrogen and oxygen atoms in total. The van der Waals surface area contributed by atoms with Crippen LogP contribution in [-0.2, 0) is 19.1 Å². The first-order valence-electron chi connectivity index (χ1n) is 10.7. The van der Waals surface area contributed by atoms with Crippen LogP contribution in [0.4, 0.5) is 4.79 Å². The van der Waals surface area contributed by atoms with E-state index in [1.54, 1.807) is 17.5 Å². The predicted molar refractivity (Wildman–Crippen MR) is 127 cm³/mol. The molecule has 0 saturated carbocycles. The van der Waals surface area contributed by atoms with E-state index in [-0.39, 0.29) is 19.1 Å². The Morgan fingerprint density at radius 2 is 1.62 bits per heavy atom. The Kier molecular flexibility index (Phi) is 7.24. The van der Waals surface area contributed by atoms with Crippen LogP contribution in [0, 0.1) is 0 Å². The van der Waals surface area contributed by atoms with Gasteiger partial charge in [0.05, 0.1) is 6.61 Å². The highest BCUT2D eigenvalue weighted by atomic mass is 32.1. The number of methoxy groups -OCH3 is 1. The number of hydrogen-bond acceptors (Lipinski definition) is 6. The Morgan fingerprint density at radius 3 is 2.18 bits per heavy atom. The van der Waals surface area contributed by atoms with Crippen molar-refractivity contribution in [2.75, 3.05) is 20.3 Å². The number of nitrogens with one attached hydrogen (secondary N) is 2. The topological polar surface area (TPSA) is 114 Å². The number of hydrogen-bond donors (Lipinski definition) is 3. The van der Waals surface area contributed by atoms with Crippen molar-refractivity contribution in [3.63, 3.8) is 0 Å². The van der Waals surface area contributed by atoms with Crippen molar-refractivity contribution >= 4 is 29.3 Å². The lowest BCUT2D eigenvalue weighted by atomic mass is 9.98. The Balaban J connectivity index is 1.46. The molecule has 0 radical (unpaired) electrons. The molecular formula is C25H24N2O6S. The van der Waals surface area contributed by atoms with E-state index < -0.39 is 30.1 Å². The second-order valence-corrected chi connectivity index (χ2v) is 8.75. The van der Waals surface area contributed by atoms with E-state index in [0.29, 0.717) is 4.88 Å². The SMILES string of the molecule is COC[C@H](NC(=O)C(NC(=O)OCC1c2ccccc2-c2ccccc21)c1cccs1)C(=O)O. The number of ether oxygens (including phenoxy) is 2. The summed E-state index contributed by atoms with van der Waals surface area (Å²) in [5, 5.41) is 16.1. The summed E-state index contributed by atoms with van der Waals surface area (Å²) in [6.07, 6.45) is -0.769. The minimum Gasteiger partial charge on any atom is -0.480 e. The van der Waals surface area contributed by atoms with Gasteiger partial charge in [0.25, 0.3) is 0 Å². The van der Waals surface area contributed by atoms with Crippen LogP contribution >= 0.6 is 11.3 Å². The average Bonchev–Trinajstić information content (AvgIpc) is 3.47. The van der Waals surface area contributed by atoms with E-state index in [4.69, 9.17) is 9.47 Å². The van der Waals surface area contributed by atoms with Crippen molar-refractivity contribution in [2.24, 2.45) is 0 Å². The highest BCUT2D eigenvalue weighted by molar-refractivity contribution is 7.10. The molecule has 1 unspecified atom stereocenters. The van der Waals surface area contributed by atoms with Gasteiger partial charge in [-0.1, -0.05) is 54.6 Å². The fourth-order valence-corrected chi connectivity index (χ4v) is 4.85. The third kappa shape index (κ3) is 4.95. The van der Waals surface area contributed by atoms with Crippen LogP contribution in [-0.4, -0.2) is 49.4 Å². The van der Waals surface area contributed by atoms with Crippen LogP contribution in [0.3, 0.4) is 0 Å². The number of rotatable bonds is 9. The van der Waals surface area contributed by atoms with Gasteiger partial charge in [0.15, 0.2) is 6.04 Å². The first-order valence-corrected chi connectivity index (χ1v) is 11.5. The van der Waals surface area contributed by atoms with E-state index >= 15 is 0 Å². The lowest BCUT2D eigenvalue weighted by Gasteiger charge is -2.21. The largest absolute Gasteiger partial charge is 0.480 e. The summed E-state index contributed by atoms with van der Waals surface area (Å²) in [6, 6.07) is 17.1. The van der Waals surface area contributed by atoms with E-state index in [1.165, 1.54) is 18.4 Å². The van der Waals surface area contributed by atoms with Gasteiger partial charge in [0.2, 0.25) is 5.91 Å². The summed E-state index contributed by atoms with van der Waals surface area (Å²) in [7, 11) is 1.34. The van der Waals surface area contributed by atoms with Gasteiger partial charge in [-0.3, -0.25) is 4.79 Å². The van der Waals surface area contributed by atoms with Gasteiger partial charge in [0, 0.05) is 17.9 Å². The monoisotopic (exact) mass is 480 g/mol. The van der Waals surface area contributed by atoms with E-state index in [1.807, 2.05) is 48.5 Å². The molecule has 1 aromatic heterocycles. The second kappa shape index (κ2) is 10.5. The number of aliphatic carboxylic acids is 1. The Labute approximate surface area is 200 Å². The molecule has 1 aliphatic carbocycles. The highest BCUT2D eigenvalue weighted by Gasteiger charge is 2.31. The lowest BCUT2D eigenvalue weighted by molar-refractivity contribution is -0.143. The smallest absolute Gasteiger partial charge is 0.408 e. The quantitative estimate of drug-likeness (QED) is 0.432. The number of amides is 2. The predicted octanol–water partition coefficient (Wildman–Crippen LogP) is 3.54. The number of carboxylic acid groups (broad SMARTS) is 1. The lowest BCUT2D eigenvalue weighted by Crippen LogP contribution is -2.49. The number of fused-ring (bicyclic) bond motifs is 3. The molecule has 3 aromatic rings. The minimum atomic E-state index is -1.25. The highest BCUT2D eigenvalue weighted by Crippen LogP contribution is 2.44. The maximum Gasteiger partial charge on any atom is 0.408 e. The van der Waals surface area contributed by atoms with E-state index in [0.717, 1.165) is 22.3 Å². The van der Waals surface area contributed by atoms with Crippen molar-refractivity contribution < 1.29 is 29.0 Å². The summed E-state index contributed by atoms with van der Waals surface area (Å²) >= 11 is 1.27. The third-order valence-corrected chi connectivity index (χ3v) is 6.58. The standard InChI is InChI=1S/C25H24N2O6S/c1-32-14-20(24(29)30)26-23(28)22(21-11-6-12-34-21)27-25(31)33-13-19-17-9-4-2-7-15(17)16-8-3-5-10-18(16)19/h2-12,19-20,22H,13-14H2,1H3,(H,26,28)(H,27,31)(H,29,30)/t20-,22?/m0/s1. The molecule has 4 rings (SSSR count). The Bertz CT molecular complexity index is 1130. The van der Waals surface area contributed by atoms with E-state index in [2.05, 4.69) is 10.6 Å². The number of carbonyl (C=O) groups is 3. The molecule has 34 heavy (non-hydrogen) atoms. The van der Waals surface area contributed by atoms with Gasteiger partial charge in [-0.05, 0) is 33.7 Å². The minimum absolute atomic E-state index is 0.0973. The molecular weight excluding hydrogens is 456 g/mol. The third-order valence-electron chi connectivity index (χ3n) is 5.64. The number of benzene rings is 2. The molecule has 3 N–H and O–H groups in total. The number of alkyl carbamates (subject to hydrolysis) is 1. The zero-order chi connectivity index (χ0) is 24.1. The van der Waals surface area contributed by atoms with Gasteiger partial charge in [0.1, 0.15) is 12.6 Å². The molecule has 0 fully saturated rings. The summed E-state index contributed by atoms with van der Waals surface area (Å²) in [6.45, 7) is -0.108. The molecule has 1 aliphatic rings. The van der Waals surface area contributed by atoms with Crippen LogP contribution in [0.15, 0.2) is 66.0 Å². The molecule has 176 valence electrons. The van der Waals surface area contributed by atoms with Crippen molar-refractivity contribution in [1.29, 1.82) is 0 Å². The molecule has 0 spiro atoms. The Hall–Kier alpha value is -3.69. The summed E-state index contributed by atoms with van der Waals surface area (Å²) < 4.78 is 10.4. The molecule has 9 heteroatoms. The van der Waals surface area contributed by atoms with Crippen LogP contribution in [0.1, 0.15) is 28.0 Å². The molecule has 0 saturated heterocycles. The van der Waals surface area contributed by atoms with Gasteiger partial charge in [-0.15, -0.1) is 11.3 Å². The zero-order valence-electron chi connectivity index (χ0n) is 18.4. The maximum absolute atomic E-state index is 12.9. The van der Waals surface area contributed by atoms with Crippen LogP contribution in [0.2, 0.25) is 0 Å². The zero-order valence-corrected chi connectivity index (χ0v) is 19.2. The average molecular weight is 481 g/mol. The summed E-state index contributed by atoms with van der Waals surface area (Å²) in [4.78, 5) is 37.5. The number of carbonyl (C=O) groups excluding carboxylic acids is 2. The van der Waals surface area contributed by atoms with Crippen LogP contribution in [0.5, 0.6) is 0 Å². The van der Waals surface area contributed by atoms with Crippen molar-refractivity contribution in [1.82, 2.24) is 10.6 Å². The van der Waals surface area contributed by atoms with Gasteiger partial charge in [-0.2, -0.15) is 0 Å². The van der Waals surface area contributed by atoms with Gasteiger partial charge < -0.3 is 25.2 Å². The molecule has 0 bridgehead atoms. The fourth-order valence-electron chi connectivity index (χ4n) is 4.08. The first-order chi connectivity index (χ1) is 16.5. The first kappa shape index (κ1) is 23.5. The molecule has 2 atom stereocenters. The summed E-state index contributed by atoms with van der Waals surface area (Å²) in [5.41, 5.74) is 4.38. The molecule has 1 heterocycles. The second-order valence-electron chi connectivity index (χ2n) is 7.77. The normalized spacial score (nSPS) is 13.9. The number of thiophene rings is 1. The van der Waals surface area contributed by atoms with Gasteiger partial charge in [-0.25, -0.2) is 9.59 Å². The maximum atomic E-state index is 12.9. The van der Waals surface area contributed by atoms with Crippen molar-refractivity contribution in [2.45, 2.75) is 18.0 Å². The van der Waals surface area contributed by atoms with Crippen LogP contribution < -0.4 is 10.6 Å². The molecule has 2 amide bonds. The van der Waals surface area contributed by atoms with Crippen molar-refractivity contribution in [3.05, 3.63) is 82.0 Å². The van der Waals surface area contributed by atoms with E-state index in [9.17, 15) is 19.5 Å². The summed E-state index contributed by atoms with van der Waals surface area (Å²) in [5.74, 6) is -2.02. The van der Waals surface area contributed by atoms with Crippen molar-refractivity contribution in [3.8, 4) is 11.1 Å². The molecule has 0 aliphatic heterocycles. The number of carboxylic acids is 1. The van der Waals surface area contributed by atoms with Gasteiger partial charge >= 0.3 is 12.1 Å².